The Morgan fingerprint density at radius 3 is 2.32 bits per heavy atom. The second-order valence-corrected chi connectivity index (χ2v) is 7.02. The zero-order valence-corrected chi connectivity index (χ0v) is 16.5. The number of amides is 2. The minimum Gasteiger partial charge on any atom is -0.460 e. The third-order valence-electron chi connectivity index (χ3n) is 4.55. The van der Waals surface area contributed by atoms with Gasteiger partial charge in [0.15, 0.2) is 5.60 Å². The molecule has 1 fully saturated rings. The monoisotopic (exact) mass is 386 g/mol. The number of ether oxygens (including phenoxy) is 2. The number of hydrogen-bond acceptors (Lipinski definition) is 5. The maximum atomic E-state index is 12.9. The highest BCUT2D eigenvalue weighted by Crippen LogP contribution is 2.21. The molecule has 3 rings (SSSR count). The molecule has 1 aromatic heterocycles. The van der Waals surface area contributed by atoms with Crippen molar-refractivity contribution in [3.05, 3.63) is 42.6 Å². The molecule has 1 aromatic carbocycles. The highest BCUT2D eigenvalue weighted by molar-refractivity contribution is 5.85. The average Bonchev–Trinajstić information content (AvgIpc) is 3.16. The minimum absolute atomic E-state index is 0.134. The Morgan fingerprint density at radius 1 is 1.04 bits per heavy atom. The lowest BCUT2D eigenvalue weighted by atomic mass is 10.1. The Balaban J connectivity index is 1.60. The summed E-state index contributed by atoms with van der Waals surface area (Å²) in [5.74, 6) is 0.248. The number of carbonyl (C=O) groups excluding carboxylic acids is 2. The summed E-state index contributed by atoms with van der Waals surface area (Å²) in [6.07, 6.45) is 1.46. The normalized spacial score (nSPS) is 14.7. The number of nitrogens with zero attached hydrogens (tertiary/aromatic N) is 4. The van der Waals surface area contributed by atoms with Gasteiger partial charge in [-0.1, -0.05) is 18.2 Å². The molecule has 150 valence electrons. The van der Waals surface area contributed by atoms with Crippen LogP contribution in [0.4, 0.5) is 4.79 Å². The number of rotatable bonds is 5. The summed E-state index contributed by atoms with van der Waals surface area (Å²) in [6, 6.07) is 11.4. The fourth-order valence-corrected chi connectivity index (χ4v) is 3.08. The smallest absolute Gasteiger partial charge is 0.409 e. The van der Waals surface area contributed by atoms with E-state index in [-0.39, 0.29) is 12.0 Å². The van der Waals surface area contributed by atoms with Gasteiger partial charge in [-0.15, -0.1) is 5.10 Å². The zero-order chi connectivity index (χ0) is 20.1. The van der Waals surface area contributed by atoms with E-state index in [1.807, 2.05) is 30.3 Å². The average molecular weight is 386 g/mol. The molecule has 0 unspecified atom stereocenters. The van der Waals surface area contributed by atoms with Crippen molar-refractivity contribution in [2.24, 2.45) is 0 Å². The van der Waals surface area contributed by atoms with Crippen molar-refractivity contribution >= 4 is 12.0 Å². The van der Waals surface area contributed by atoms with Crippen LogP contribution in [0, 0.1) is 0 Å². The lowest BCUT2D eigenvalue weighted by Crippen LogP contribution is -2.56. The van der Waals surface area contributed by atoms with Gasteiger partial charge < -0.3 is 19.3 Å². The number of carbonyl (C=O) groups is 2. The van der Waals surface area contributed by atoms with E-state index in [2.05, 4.69) is 5.10 Å². The first-order valence-electron chi connectivity index (χ1n) is 9.42. The molecule has 8 nitrogen and oxygen atoms in total. The fraction of sp³-hybridized carbons (Fsp3) is 0.450. The number of aromatic nitrogens is 2. The third-order valence-corrected chi connectivity index (χ3v) is 4.55. The maximum Gasteiger partial charge on any atom is 0.409 e. The molecular weight excluding hydrogens is 360 g/mol. The van der Waals surface area contributed by atoms with Gasteiger partial charge in [0.1, 0.15) is 0 Å². The first-order chi connectivity index (χ1) is 13.4. The van der Waals surface area contributed by atoms with Gasteiger partial charge in [0.05, 0.1) is 12.3 Å². The van der Waals surface area contributed by atoms with E-state index in [1.165, 1.54) is 0 Å². The summed E-state index contributed by atoms with van der Waals surface area (Å²) in [5.41, 5.74) is -0.154. The molecule has 8 heteroatoms. The Labute approximate surface area is 164 Å². The Hall–Kier alpha value is -3.03. The quantitative estimate of drug-likeness (QED) is 0.788. The fourth-order valence-electron chi connectivity index (χ4n) is 3.08. The van der Waals surface area contributed by atoms with Crippen LogP contribution in [0.3, 0.4) is 0 Å². The van der Waals surface area contributed by atoms with Crippen LogP contribution in [0.15, 0.2) is 42.6 Å². The largest absolute Gasteiger partial charge is 0.460 e. The van der Waals surface area contributed by atoms with Crippen LogP contribution in [-0.2, 0) is 9.53 Å². The molecule has 0 aliphatic carbocycles. The Bertz CT molecular complexity index is 811. The van der Waals surface area contributed by atoms with E-state index in [4.69, 9.17) is 9.47 Å². The summed E-state index contributed by atoms with van der Waals surface area (Å²) in [5, 5.41) is 4.40. The highest BCUT2D eigenvalue weighted by atomic mass is 16.6. The van der Waals surface area contributed by atoms with Crippen molar-refractivity contribution in [1.82, 2.24) is 19.6 Å². The molecule has 0 atom stereocenters. The predicted octanol–water partition coefficient (Wildman–Crippen LogP) is 2.33. The van der Waals surface area contributed by atoms with Crippen molar-refractivity contribution < 1.29 is 19.1 Å². The lowest BCUT2D eigenvalue weighted by Gasteiger charge is -2.37. The molecule has 0 radical (unpaired) electrons. The van der Waals surface area contributed by atoms with Crippen LogP contribution in [0.2, 0.25) is 0 Å². The van der Waals surface area contributed by atoms with Gasteiger partial charge in [0.2, 0.25) is 5.88 Å². The molecular formula is C20H26N4O4. The number of hydrogen-bond donors (Lipinski definition) is 0. The summed E-state index contributed by atoms with van der Waals surface area (Å²) in [7, 11) is 0. The molecule has 1 aliphatic rings. The van der Waals surface area contributed by atoms with Gasteiger partial charge >= 0.3 is 6.09 Å². The number of para-hydroxylation sites is 1. The summed E-state index contributed by atoms with van der Waals surface area (Å²) >= 11 is 0. The van der Waals surface area contributed by atoms with E-state index in [0.717, 1.165) is 5.69 Å². The van der Waals surface area contributed by atoms with Crippen molar-refractivity contribution in [2.45, 2.75) is 26.4 Å². The van der Waals surface area contributed by atoms with Crippen LogP contribution < -0.4 is 4.74 Å². The van der Waals surface area contributed by atoms with E-state index in [1.54, 1.807) is 47.5 Å². The Morgan fingerprint density at radius 2 is 1.68 bits per heavy atom. The van der Waals surface area contributed by atoms with E-state index >= 15 is 0 Å². The van der Waals surface area contributed by atoms with Crippen LogP contribution >= 0.6 is 0 Å². The van der Waals surface area contributed by atoms with Gasteiger partial charge in [-0.25, -0.2) is 9.48 Å². The van der Waals surface area contributed by atoms with Crippen LogP contribution in [0.5, 0.6) is 5.88 Å². The SMILES string of the molecule is CCOC(=O)N1CCN(C(=O)C(C)(C)Oc2ccn(-c3ccccc3)n2)CC1. The van der Waals surface area contributed by atoms with Crippen LogP contribution in [-0.4, -0.2) is 70.0 Å². The first kappa shape index (κ1) is 19.7. The van der Waals surface area contributed by atoms with E-state index < -0.39 is 5.60 Å². The molecule has 0 spiro atoms. The number of benzene rings is 1. The molecule has 1 aliphatic heterocycles. The third kappa shape index (κ3) is 4.44. The topological polar surface area (TPSA) is 76.9 Å². The standard InChI is InChI=1S/C20H26N4O4/c1-4-27-19(26)23-14-12-22(13-15-23)18(25)20(2,3)28-17-10-11-24(21-17)16-8-6-5-7-9-16/h5-11H,4,12-15H2,1-3H3. The van der Waals surface area contributed by atoms with E-state index in [0.29, 0.717) is 38.7 Å². The van der Waals surface area contributed by atoms with Gasteiger partial charge in [0.25, 0.3) is 5.91 Å². The van der Waals surface area contributed by atoms with Crippen LogP contribution in [0.1, 0.15) is 20.8 Å². The predicted molar refractivity (Wildman–Crippen MR) is 103 cm³/mol. The van der Waals surface area contributed by atoms with Gasteiger partial charge in [-0.2, -0.15) is 0 Å². The molecule has 0 saturated carbocycles. The summed E-state index contributed by atoms with van der Waals surface area (Å²) < 4.78 is 12.6. The lowest BCUT2D eigenvalue weighted by molar-refractivity contribution is -0.147. The summed E-state index contributed by atoms with van der Waals surface area (Å²) in [4.78, 5) is 28.1. The molecule has 0 bridgehead atoms. The van der Waals surface area contributed by atoms with Gasteiger partial charge in [-0.3, -0.25) is 4.79 Å². The first-order valence-corrected chi connectivity index (χ1v) is 9.42. The highest BCUT2D eigenvalue weighted by Gasteiger charge is 2.37. The van der Waals surface area contributed by atoms with E-state index in [9.17, 15) is 9.59 Å². The van der Waals surface area contributed by atoms with Crippen LogP contribution in [0.25, 0.3) is 5.69 Å². The van der Waals surface area contributed by atoms with Crippen molar-refractivity contribution in [1.29, 1.82) is 0 Å². The van der Waals surface area contributed by atoms with Crippen molar-refractivity contribution in [2.75, 3.05) is 32.8 Å². The maximum absolute atomic E-state index is 12.9. The molecule has 2 heterocycles. The molecule has 2 aromatic rings. The van der Waals surface area contributed by atoms with Gasteiger partial charge in [-0.05, 0) is 32.9 Å². The second kappa shape index (κ2) is 8.33. The molecule has 0 N–H and O–H groups in total. The second-order valence-electron chi connectivity index (χ2n) is 7.02. The van der Waals surface area contributed by atoms with Gasteiger partial charge in [0, 0.05) is 38.4 Å². The van der Waals surface area contributed by atoms with Crippen molar-refractivity contribution in [3.8, 4) is 11.6 Å². The zero-order valence-electron chi connectivity index (χ0n) is 16.5. The van der Waals surface area contributed by atoms with Crippen molar-refractivity contribution in [3.63, 3.8) is 0 Å². The number of piperazine rings is 1. The Kier molecular flexibility index (Phi) is 5.87. The molecule has 28 heavy (non-hydrogen) atoms. The minimum atomic E-state index is -1.07. The molecule has 2 amide bonds. The molecule has 1 saturated heterocycles. The summed E-state index contributed by atoms with van der Waals surface area (Å²) in [6.45, 7) is 7.37.